The Balaban J connectivity index is 0.000000148. The number of rotatable bonds is 4. The van der Waals surface area contributed by atoms with Gasteiger partial charge < -0.3 is 0 Å². The van der Waals surface area contributed by atoms with E-state index in [0.717, 1.165) is 10.8 Å². The quantitative estimate of drug-likeness (QED) is 0.508. The number of hydrogen-bond donors (Lipinski definition) is 0. The van der Waals surface area contributed by atoms with Gasteiger partial charge in [-0.3, -0.25) is 0 Å². The Kier molecular flexibility index (Phi) is 5.74. The fourth-order valence-electron chi connectivity index (χ4n) is 5.13. The highest BCUT2D eigenvalue weighted by molar-refractivity contribution is 5.26. The number of nitrogens with zero attached hydrogens (tertiary/aromatic N) is 1. The first-order valence-electron chi connectivity index (χ1n) is 10.9. The minimum absolute atomic E-state index is 0.144. The summed E-state index contributed by atoms with van der Waals surface area (Å²) in [5, 5.41) is 8.85. The zero-order valence-corrected chi connectivity index (χ0v) is 18.2. The highest BCUT2D eigenvalue weighted by Gasteiger charge is 2.68. The molecule has 5 fully saturated rings. The van der Waals surface area contributed by atoms with E-state index in [2.05, 4.69) is 54.5 Å². The Morgan fingerprint density at radius 2 is 1.32 bits per heavy atom. The Morgan fingerprint density at radius 1 is 0.840 bits per heavy atom. The number of hydrogen-bond acceptors (Lipinski definition) is 1. The van der Waals surface area contributed by atoms with Crippen molar-refractivity contribution < 1.29 is 0 Å². The normalized spacial score (nSPS) is 34.6. The highest BCUT2D eigenvalue weighted by atomic mass is 14.7. The molecule has 0 saturated heterocycles. The third kappa shape index (κ3) is 5.24. The number of nitriles is 1. The molecule has 0 heterocycles. The second-order valence-corrected chi connectivity index (χ2v) is 11.5. The smallest absolute Gasteiger partial charge is 0.0690 e. The highest BCUT2D eigenvalue weighted by Crippen LogP contribution is 2.75. The molecule has 0 atom stereocenters. The van der Waals surface area contributed by atoms with Crippen LogP contribution < -0.4 is 0 Å². The second-order valence-electron chi connectivity index (χ2n) is 11.5. The average molecular weight is 346 g/mol. The zero-order valence-electron chi connectivity index (χ0n) is 18.2. The van der Waals surface area contributed by atoms with Gasteiger partial charge in [0.1, 0.15) is 0 Å². The maximum absolute atomic E-state index is 8.85. The molecular formula is C24H43N. The first-order chi connectivity index (χ1) is 11.5. The van der Waals surface area contributed by atoms with E-state index in [0.29, 0.717) is 10.8 Å². The molecule has 5 aliphatic carbocycles. The average Bonchev–Trinajstić information content (AvgIpc) is 3.39. The molecule has 144 valence electrons. The van der Waals surface area contributed by atoms with Gasteiger partial charge in [0, 0.05) is 0 Å². The Hall–Kier alpha value is -0.510. The molecule has 0 aromatic rings. The fourth-order valence-corrected chi connectivity index (χ4v) is 5.13. The lowest BCUT2D eigenvalue weighted by molar-refractivity contribution is -0.181. The molecular weight excluding hydrogens is 302 g/mol. The molecule has 0 aliphatic heterocycles. The van der Waals surface area contributed by atoms with Crippen LogP contribution in [0.1, 0.15) is 119 Å². The Morgan fingerprint density at radius 3 is 1.48 bits per heavy atom. The molecule has 5 aliphatic rings. The Bertz CT molecular complexity index is 467. The summed E-state index contributed by atoms with van der Waals surface area (Å²) in [5.41, 5.74) is 2.81. The minimum Gasteiger partial charge on any atom is -0.198 e. The van der Waals surface area contributed by atoms with Gasteiger partial charge in [0.15, 0.2) is 0 Å². The second kappa shape index (κ2) is 6.90. The van der Waals surface area contributed by atoms with Gasteiger partial charge in [-0.1, -0.05) is 67.7 Å². The summed E-state index contributed by atoms with van der Waals surface area (Å²) in [6.45, 7) is 16.1. The molecule has 0 aromatic carbocycles. The van der Waals surface area contributed by atoms with Crippen LogP contribution in [0.15, 0.2) is 0 Å². The van der Waals surface area contributed by atoms with Gasteiger partial charge >= 0.3 is 0 Å². The van der Waals surface area contributed by atoms with Gasteiger partial charge in [0.05, 0.1) is 11.5 Å². The standard InChI is InChI=1S/C11H17N.C7H14.C6H12/c1-9(2,3)4-10-5-11(6-10,7-10)8-12;1-3-7(4-2)5-6-7;1-3-6(2)4-5-6/h4-7H2,1-3H3;3-6H2,1-2H3;3-5H2,1-2H3. The van der Waals surface area contributed by atoms with Crippen molar-refractivity contribution in [2.75, 3.05) is 0 Å². The van der Waals surface area contributed by atoms with Gasteiger partial charge in [-0.05, 0) is 73.0 Å². The van der Waals surface area contributed by atoms with E-state index >= 15 is 0 Å². The summed E-state index contributed by atoms with van der Waals surface area (Å²) >= 11 is 0. The molecule has 0 aromatic heterocycles. The van der Waals surface area contributed by atoms with Crippen molar-refractivity contribution in [2.24, 2.45) is 27.1 Å². The molecule has 5 rings (SSSR count). The van der Waals surface area contributed by atoms with Gasteiger partial charge in [0.2, 0.25) is 0 Å². The maximum Gasteiger partial charge on any atom is 0.0690 e. The molecule has 1 heteroatoms. The summed E-state index contributed by atoms with van der Waals surface area (Å²) in [4.78, 5) is 0. The van der Waals surface area contributed by atoms with Gasteiger partial charge in [-0.15, -0.1) is 0 Å². The monoisotopic (exact) mass is 345 g/mol. The molecule has 0 spiro atoms. The third-order valence-electron chi connectivity index (χ3n) is 7.70. The molecule has 1 nitrogen and oxygen atoms in total. The van der Waals surface area contributed by atoms with Crippen molar-refractivity contribution in [3.05, 3.63) is 0 Å². The van der Waals surface area contributed by atoms with Crippen LogP contribution >= 0.6 is 0 Å². The van der Waals surface area contributed by atoms with Crippen LogP contribution in [0.4, 0.5) is 0 Å². The van der Waals surface area contributed by atoms with Crippen LogP contribution in [0.5, 0.6) is 0 Å². The molecule has 5 saturated carbocycles. The first-order valence-corrected chi connectivity index (χ1v) is 10.9. The summed E-state index contributed by atoms with van der Waals surface area (Å²) in [7, 11) is 0. The van der Waals surface area contributed by atoms with E-state index < -0.39 is 0 Å². The van der Waals surface area contributed by atoms with Crippen molar-refractivity contribution in [1.82, 2.24) is 0 Å². The zero-order chi connectivity index (χ0) is 19.0. The van der Waals surface area contributed by atoms with E-state index in [4.69, 9.17) is 5.26 Å². The van der Waals surface area contributed by atoms with Crippen LogP contribution in [0.2, 0.25) is 0 Å². The SMILES string of the molecule is CC(C)(C)CC12CC(C#N)(C1)C2.CCC1(C)CC1.CCC1(CC)CC1. The van der Waals surface area contributed by atoms with Crippen LogP contribution in [-0.2, 0) is 0 Å². The van der Waals surface area contributed by atoms with E-state index in [9.17, 15) is 0 Å². The molecule has 2 bridgehead atoms. The maximum atomic E-state index is 8.85. The van der Waals surface area contributed by atoms with Crippen LogP contribution in [0, 0.1) is 38.4 Å². The molecule has 0 unspecified atom stereocenters. The van der Waals surface area contributed by atoms with E-state index in [1.54, 1.807) is 0 Å². The van der Waals surface area contributed by atoms with Crippen molar-refractivity contribution in [2.45, 2.75) is 119 Å². The summed E-state index contributed by atoms with van der Waals surface area (Å²) in [6.07, 6.45) is 15.0. The lowest BCUT2D eigenvalue weighted by Gasteiger charge is -2.69. The van der Waals surface area contributed by atoms with Gasteiger partial charge in [-0.2, -0.15) is 5.26 Å². The molecule has 0 N–H and O–H groups in total. The lowest BCUT2D eigenvalue weighted by atomic mass is 9.33. The molecule has 25 heavy (non-hydrogen) atoms. The largest absolute Gasteiger partial charge is 0.198 e. The van der Waals surface area contributed by atoms with E-state index in [-0.39, 0.29) is 5.41 Å². The van der Waals surface area contributed by atoms with Crippen molar-refractivity contribution in [3.8, 4) is 6.07 Å². The van der Waals surface area contributed by atoms with Gasteiger partial charge in [0.25, 0.3) is 0 Å². The van der Waals surface area contributed by atoms with Crippen molar-refractivity contribution in [3.63, 3.8) is 0 Å². The lowest BCUT2D eigenvalue weighted by Crippen LogP contribution is -2.61. The van der Waals surface area contributed by atoms with Crippen molar-refractivity contribution in [1.29, 1.82) is 5.26 Å². The van der Waals surface area contributed by atoms with Crippen molar-refractivity contribution >= 4 is 0 Å². The third-order valence-corrected chi connectivity index (χ3v) is 7.70. The van der Waals surface area contributed by atoms with Crippen LogP contribution in [-0.4, -0.2) is 0 Å². The Labute approximate surface area is 158 Å². The molecule has 0 radical (unpaired) electrons. The summed E-state index contributed by atoms with van der Waals surface area (Å²) in [5.74, 6) is 0. The summed E-state index contributed by atoms with van der Waals surface area (Å²) in [6, 6.07) is 2.45. The predicted octanol–water partition coefficient (Wildman–Crippen LogP) is 7.90. The van der Waals surface area contributed by atoms with E-state index in [1.165, 1.54) is 70.6 Å². The minimum atomic E-state index is 0.144. The van der Waals surface area contributed by atoms with Gasteiger partial charge in [-0.25, -0.2) is 0 Å². The molecule has 0 amide bonds. The van der Waals surface area contributed by atoms with Crippen LogP contribution in [0.3, 0.4) is 0 Å². The van der Waals surface area contributed by atoms with E-state index in [1.807, 2.05) is 0 Å². The predicted molar refractivity (Wildman–Crippen MR) is 108 cm³/mol. The first kappa shape index (κ1) is 20.8. The van der Waals surface area contributed by atoms with Crippen LogP contribution in [0.25, 0.3) is 0 Å². The fraction of sp³-hybridized carbons (Fsp3) is 0.958. The topological polar surface area (TPSA) is 23.8 Å². The summed E-state index contributed by atoms with van der Waals surface area (Å²) < 4.78 is 0.